The van der Waals surface area contributed by atoms with Crippen molar-refractivity contribution in [2.24, 2.45) is 9.98 Å². The minimum absolute atomic E-state index is 0.0570. The summed E-state index contributed by atoms with van der Waals surface area (Å²) in [5.41, 5.74) is 9.13. The van der Waals surface area contributed by atoms with E-state index in [0.717, 1.165) is 22.5 Å². The number of fused-ring (bicyclic) bond motifs is 3. The predicted molar refractivity (Wildman–Crippen MR) is 188 cm³/mol. The summed E-state index contributed by atoms with van der Waals surface area (Å²) in [7, 11) is 3.05. The molecule has 0 spiro atoms. The standard InChI is InChI=1S/C41H32N2O4/c1-46-37-15-7-9-27(39(37)44)25-42-31-21-17-29(18-22-31)41(35-13-5-3-11-33(35)34-12-4-6-14-36(34)41)30-19-23-32(24-20-30)43-26-28-10-8-16-38(47-2)40(28)45/h3-26,44-45H,1-2H3. The van der Waals surface area contributed by atoms with Gasteiger partial charge in [-0.25, -0.2) is 0 Å². The average Bonchev–Trinajstić information content (AvgIpc) is 3.42. The fourth-order valence-corrected chi connectivity index (χ4v) is 6.52. The lowest BCUT2D eigenvalue weighted by Crippen LogP contribution is -2.28. The van der Waals surface area contributed by atoms with E-state index in [1.807, 2.05) is 36.4 Å². The molecular formula is C41H32N2O4. The largest absolute Gasteiger partial charge is 0.504 e. The number of para-hydroxylation sites is 2. The lowest BCUT2D eigenvalue weighted by Gasteiger charge is -2.34. The first-order valence-corrected chi connectivity index (χ1v) is 15.2. The number of nitrogens with zero attached hydrogens (tertiary/aromatic N) is 2. The molecule has 0 amide bonds. The quantitative estimate of drug-likeness (QED) is 0.167. The van der Waals surface area contributed by atoms with Gasteiger partial charge in [-0.05, 0) is 81.9 Å². The van der Waals surface area contributed by atoms with Crippen molar-refractivity contribution in [2.75, 3.05) is 14.2 Å². The molecule has 1 aliphatic carbocycles. The normalized spacial score (nSPS) is 13.1. The maximum absolute atomic E-state index is 10.5. The van der Waals surface area contributed by atoms with Crippen LogP contribution in [0.2, 0.25) is 0 Å². The molecule has 6 heteroatoms. The molecule has 2 N–H and O–H groups in total. The van der Waals surface area contributed by atoms with Crippen molar-refractivity contribution >= 4 is 23.8 Å². The zero-order chi connectivity index (χ0) is 32.4. The van der Waals surface area contributed by atoms with Crippen LogP contribution in [0.3, 0.4) is 0 Å². The molecular weight excluding hydrogens is 584 g/mol. The van der Waals surface area contributed by atoms with Gasteiger partial charge in [0.2, 0.25) is 0 Å². The number of methoxy groups -OCH3 is 2. The smallest absolute Gasteiger partial charge is 0.166 e. The van der Waals surface area contributed by atoms with Gasteiger partial charge in [0.1, 0.15) is 0 Å². The van der Waals surface area contributed by atoms with Crippen LogP contribution in [-0.2, 0) is 5.41 Å². The van der Waals surface area contributed by atoms with Gasteiger partial charge in [0.25, 0.3) is 0 Å². The zero-order valence-electron chi connectivity index (χ0n) is 26.0. The Labute approximate surface area is 273 Å². The van der Waals surface area contributed by atoms with Crippen LogP contribution in [0.5, 0.6) is 23.0 Å². The minimum atomic E-state index is -0.576. The Kier molecular flexibility index (Phi) is 7.76. The maximum Gasteiger partial charge on any atom is 0.166 e. The monoisotopic (exact) mass is 616 g/mol. The molecule has 0 fully saturated rings. The molecule has 0 bridgehead atoms. The Morgan fingerprint density at radius 1 is 0.489 bits per heavy atom. The summed E-state index contributed by atoms with van der Waals surface area (Å²) in [5, 5.41) is 21.0. The molecule has 6 nitrogen and oxygen atoms in total. The van der Waals surface area contributed by atoms with E-state index in [4.69, 9.17) is 9.47 Å². The molecule has 6 aromatic carbocycles. The van der Waals surface area contributed by atoms with Gasteiger partial charge >= 0.3 is 0 Å². The molecule has 1 aliphatic rings. The van der Waals surface area contributed by atoms with Gasteiger partial charge in [0.05, 0.1) is 31.0 Å². The fraction of sp³-hybridized carbons (Fsp3) is 0.0732. The molecule has 0 radical (unpaired) electrons. The summed E-state index contributed by atoms with van der Waals surface area (Å²) in [5.74, 6) is 0.919. The third-order valence-corrected chi connectivity index (χ3v) is 8.76. The van der Waals surface area contributed by atoms with Crippen molar-refractivity contribution in [1.29, 1.82) is 0 Å². The van der Waals surface area contributed by atoms with E-state index in [9.17, 15) is 10.2 Å². The van der Waals surface area contributed by atoms with E-state index in [1.165, 1.54) is 36.5 Å². The molecule has 47 heavy (non-hydrogen) atoms. The van der Waals surface area contributed by atoms with Gasteiger partial charge in [-0.15, -0.1) is 0 Å². The third-order valence-electron chi connectivity index (χ3n) is 8.76. The first kappa shape index (κ1) is 29.6. The number of rotatable bonds is 8. The lowest BCUT2D eigenvalue weighted by atomic mass is 9.67. The summed E-state index contributed by atoms with van der Waals surface area (Å²) >= 11 is 0. The molecule has 0 saturated heterocycles. The van der Waals surface area contributed by atoms with Gasteiger partial charge < -0.3 is 19.7 Å². The SMILES string of the molecule is COc1cccc(C=Nc2ccc(C3(c4ccc(N=Cc5cccc(OC)c5O)cc4)c4ccccc4-c4ccccc43)cc2)c1O. The van der Waals surface area contributed by atoms with Crippen LogP contribution in [0, 0.1) is 0 Å². The van der Waals surface area contributed by atoms with E-state index < -0.39 is 5.41 Å². The minimum Gasteiger partial charge on any atom is -0.504 e. The van der Waals surface area contributed by atoms with Crippen LogP contribution >= 0.6 is 0 Å². The van der Waals surface area contributed by atoms with Crippen molar-refractivity contribution in [3.63, 3.8) is 0 Å². The van der Waals surface area contributed by atoms with Crippen molar-refractivity contribution < 1.29 is 19.7 Å². The summed E-state index contributed by atoms with van der Waals surface area (Å²) in [6.07, 6.45) is 3.29. The summed E-state index contributed by atoms with van der Waals surface area (Å²) < 4.78 is 10.5. The number of aromatic hydroxyl groups is 2. The van der Waals surface area contributed by atoms with Gasteiger partial charge in [-0.1, -0.05) is 84.9 Å². The lowest BCUT2D eigenvalue weighted by molar-refractivity contribution is 0.373. The van der Waals surface area contributed by atoms with E-state index in [2.05, 4.69) is 82.8 Å². The second kappa shape index (κ2) is 12.3. The van der Waals surface area contributed by atoms with Crippen LogP contribution in [-0.4, -0.2) is 36.9 Å². The van der Waals surface area contributed by atoms with E-state index in [1.54, 1.807) is 36.7 Å². The topological polar surface area (TPSA) is 83.6 Å². The predicted octanol–water partition coefficient (Wildman–Crippen LogP) is 8.98. The maximum atomic E-state index is 10.5. The van der Waals surface area contributed by atoms with E-state index in [-0.39, 0.29) is 11.5 Å². The number of hydrogen-bond acceptors (Lipinski definition) is 6. The van der Waals surface area contributed by atoms with E-state index in [0.29, 0.717) is 22.6 Å². The summed E-state index contributed by atoms with van der Waals surface area (Å²) in [6, 6.07) is 44.4. The van der Waals surface area contributed by atoms with Gasteiger partial charge in [-0.3, -0.25) is 9.98 Å². The molecule has 230 valence electrons. The summed E-state index contributed by atoms with van der Waals surface area (Å²) in [4.78, 5) is 9.31. The molecule has 6 aromatic rings. The Morgan fingerprint density at radius 3 is 1.30 bits per heavy atom. The summed E-state index contributed by atoms with van der Waals surface area (Å²) in [6.45, 7) is 0. The molecule has 7 rings (SSSR count). The van der Waals surface area contributed by atoms with Gasteiger partial charge in [0, 0.05) is 23.6 Å². The Balaban J connectivity index is 1.30. The molecule has 0 aromatic heterocycles. The highest BCUT2D eigenvalue weighted by Gasteiger charge is 2.45. The number of benzene rings is 6. The molecule has 0 atom stereocenters. The fourth-order valence-electron chi connectivity index (χ4n) is 6.52. The van der Waals surface area contributed by atoms with Crippen molar-refractivity contribution in [1.82, 2.24) is 0 Å². The van der Waals surface area contributed by atoms with Crippen LogP contribution in [0.1, 0.15) is 33.4 Å². The van der Waals surface area contributed by atoms with Crippen molar-refractivity contribution in [3.8, 4) is 34.1 Å². The van der Waals surface area contributed by atoms with Gasteiger partial charge in [0.15, 0.2) is 23.0 Å². The van der Waals surface area contributed by atoms with Crippen molar-refractivity contribution in [3.05, 3.63) is 167 Å². The second-order valence-corrected chi connectivity index (χ2v) is 11.2. The average molecular weight is 617 g/mol. The highest BCUT2D eigenvalue weighted by atomic mass is 16.5. The Hall–Kier alpha value is -6.14. The first-order valence-electron chi connectivity index (χ1n) is 15.2. The Bertz CT molecular complexity index is 1980. The number of phenolic OH excluding ortho intramolecular Hbond substituents is 2. The van der Waals surface area contributed by atoms with Crippen LogP contribution < -0.4 is 9.47 Å². The second-order valence-electron chi connectivity index (χ2n) is 11.2. The molecule has 0 saturated carbocycles. The number of phenols is 2. The van der Waals surface area contributed by atoms with Crippen LogP contribution in [0.15, 0.2) is 143 Å². The first-order chi connectivity index (χ1) is 23.0. The highest BCUT2D eigenvalue weighted by Crippen LogP contribution is 2.56. The van der Waals surface area contributed by atoms with E-state index >= 15 is 0 Å². The highest BCUT2D eigenvalue weighted by molar-refractivity contribution is 5.89. The molecule has 0 heterocycles. The van der Waals surface area contributed by atoms with Crippen LogP contribution in [0.25, 0.3) is 11.1 Å². The number of hydrogen-bond donors (Lipinski definition) is 2. The molecule has 0 unspecified atom stereocenters. The van der Waals surface area contributed by atoms with Crippen molar-refractivity contribution in [2.45, 2.75) is 5.41 Å². The number of ether oxygens (including phenoxy) is 2. The van der Waals surface area contributed by atoms with Gasteiger partial charge in [-0.2, -0.15) is 0 Å². The zero-order valence-corrected chi connectivity index (χ0v) is 26.0. The third kappa shape index (κ3) is 5.10. The Morgan fingerprint density at radius 2 is 0.894 bits per heavy atom. The van der Waals surface area contributed by atoms with Crippen LogP contribution in [0.4, 0.5) is 11.4 Å². The number of aliphatic imine (C=N–C) groups is 2. The molecule has 0 aliphatic heterocycles.